The highest BCUT2D eigenvalue weighted by Gasteiger charge is 2.18. The van der Waals surface area contributed by atoms with Crippen molar-refractivity contribution in [3.8, 4) is 5.75 Å². The van der Waals surface area contributed by atoms with E-state index in [-0.39, 0.29) is 17.4 Å². The van der Waals surface area contributed by atoms with Crippen molar-refractivity contribution in [3.05, 3.63) is 78.4 Å². The third kappa shape index (κ3) is 5.88. The minimum absolute atomic E-state index is 0.179. The summed E-state index contributed by atoms with van der Waals surface area (Å²) in [6, 6.07) is 22.1. The third-order valence-corrected chi connectivity index (χ3v) is 7.31. The van der Waals surface area contributed by atoms with E-state index in [9.17, 15) is 13.2 Å². The molecule has 0 saturated carbocycles. The van der Waals surface area contributed by atoms with E-state index in [1.807, 2.05) is 54.6 Å². The van der Waals surface area contributed by atoms with Gasteiger partial charge in [0.2, 0.25) is 10.0 Å². The zero-order chi connectivity index (χ0) is 22.4. The number of carbonyl (C=O) groups is 1. The topological polar surface area (TPSA) is 75.7 Å². The Morgan fingerprint density at radius 2 is 1.68 bits per heavy atom. The van der Waals surface area contributed by atoms with Crippen LogP contribution in [0.4, 0.5) is 5.69 Å². The van der Waals surface area contributed by atoms with E-state index >= 15 is 0 Å². The summed E-state index contributed by atoms with van der Waals surface area (Å²) >= 11 is 1.56. The number of anilines is 1. The molecule has 3 aromatic carbocycles. The van der Waals surface area contributed by atoms with Crippen molar-refractivity contribution in [1.29, 1.82) is 0 Å². The summed E-state index contributed by atoms with van der Waals surface area (Å²) in [5, 5.41) is 2.88. The van der Waals surface area contributed by atoms with Gasteiger partial charge in [0, 0.05) is 23.9 Å². The normalized spacial score (nSPS) is 11.4. The summed E-state index contributed by atoms with van der Waals surface area (Å²) in [6.45, 7) is 1.55. The summed E-state index contributed by atoms with van der Waals surface area (Å²) in [5.41, 5.74) is 1.34. The summed E-state index contributed by atoms with van der Waals surface area (Å²) in [7, 11) is -0.564. The van der Waals surface area contributed by atoms with Crippen LogP contribution in [0.25, 0.3) is 0 Å². The Bertz CT molecular complexity index is 1160. The van der Waals surface area contributed by atoms with Gasteiger partial charge in [0.25, 0.3) is 5.91 Å². The third-order valence-electron chi connectivity index (χ3n) is 4.42. The van der Waals surface area contributed by atoms with E-state index in [4.69, 9.17) is 4.74 Å². The van der Waals surface area contributed by atoms with Crippen LogP contribution in [0.1, 0.15) is 5.56 Å². The molecule has 0 radical (unpaired) electrons. The van der Waals surface area contributed by atoms with Crippen LogP contribution in [-0.4, -0.2) is 39.3 Å². The Kier molecular flexibility index (Phi) is 7.37. The van der Waals surface area contributed by atoms with Gasteiger partial charge < -0.3 is 10.1 Å². The van der Waals surface area contributed by atoms with E-state index in [2.05, 4.69) is 5.32 Å². The fraction of sp³-hybridized carbons (Fsp3) is 0.174. The zero-order valence-corrected chi connectivity index (χ0v) is 19.2. The first-order valence-electron chi connectivity index (χ1n) is 9.55. The number of ether oxygens (including phenoxy) is 1. The molecule has 1 N–H and O–H groups in total. The van der Waals surface area contributed by atoms with Gasteiger partial charge in [-0.2, -0.15) is 0 Å². The summed E-state index contributed by atoms with van der Waals surface area (Å²) in [6.07, 6.45) is 0. The molecule has 0 aliphatic rings. The fourth-order valence-corrected chi connectivity index (χ4v) is 4.67. The van der Waals surface area contributed by atoms with Crippen LogP contribution in [0.15, 0.2) is 87.5 Å². The van der Waals surface area contributed by atoms with Gasteiger partial charge >= 0.3 is 0 Å². The minimum Gasteiger partial charge on any atom is -0.483 e. The smallest absolute Gasteiger partial charge is 0.262 e. The number of benzene rings is 3. The number of rotatable bonds is 8. The molecule has 0 saturated heterocycles. The number of sulfonamides is 1. The second-order valence-corrected chi connectivity index (χ2v) is 10.2. The first-order chi connectivity index (χ1) is 14.8. The van der Waals surface area contributed by atoms with Crippen LogP contribution in [0.3, 0.4) is 0 Å². The molecule has 0 aliphatic carbocycles. The number of nitrogens with one attached hydrogen (secondary N) is 1. The lowest BCUT2D eigenvalue weighted by atomic mass is 10.2. The van der Waals surface area contributed by atoms with Crippen LogP contribution in [0, 0.1) is 6.92 Å². The van der Waals surface area contributed by atoms with Crippen LogP contribution >= 0.6 is 11.8 Å². The molecular weight excluding hydrogens is 432 g/mol. The SMILES string of the molecule is Cc1cc(S(=O)(=O)N(C)C)ccc1OCC(=O)Nc1ccccc1Sc1ccccc1. The first kappa shape index (κ1) is 22.9. The first-order valence-corrected chi connectivity index (χ1v) is 11.8. The van der Waals surface area contributed by atoms with Crippen molar-refractivity contribution in [1.82, 2.24) is 4.31 Å². The van der Waals surface area contributed by atoms with Gasteiger partial charge in [0.05, 0.1) is 10.6 Å². The fourth-order valence-electron chi connectivity index (χ4n) is 2.76. The number of hydrogen-bond donors (Lipinski definition) is 1. The van der Waals surface area contributed by atoms with Crippen LogP contribution in [-0.2, 0) is 14.8 Å². The summed E-state index contributed by atoms with van der Waals surface area (Å²) < 4.78 is 31.3. The Morgan fingerprint density at radius 1 is 1.00 bits per heavy atom. The van der Waals surface area contributed by atoms with Crippen molar-refractivity contribution >= 4 is 33.4 Å². The van der Waals surface area contributed by atoms with Crippen LogP contribution in [0.2, 0.25) is 0 Å². The molecule has 1 amide bonds. The zero-order valence-electron chi connectivity index (χ0n) is 17.5. The average Bonchev–Trinajstić information content (AvgIpc) is 2.75. The highest BCUT2D eigenvalue weighted by atomic mass is 32.2. The van der Waals surface area contributed by atoms with Gasteiger partial charge in [0.1, 0.15) is 5.75 Å². The lowest BCUT2D eigenvalue weighted by Gasteiger charge is -2.14. The number of hydrogen-bond acceptors (Lipinski definition) is 5. The maximum absolute atomic E-state index is 12.5. The van der Waals surface area contributed by atoms with Gasteiger partial charge in [-0.1, -0.05) is 42.1 Å². The van der Waals surface area contributed by atoms with Gasteiger partial charge in [-0.3, -0.25) is 4.79 Å². The lowest BCUT2D eigenvalue weighted by molar-refractivity contribution is -0.118. The van der Waals surface area contributed by atoms with Crippen molar-refractivity contribution in [2.24, 2.45) is 0 Å². The maximum atomic E-state index is 12.5. The monoisotopic (exact) mass is 456 g/mol. The molecule has 3 aromatic rings. The average molecular weight is 457 g/mol. The van der Waals surface area contributed by atoms with Crippen molar-refractivity contribution in [2.75, 3.05) is 26.0 Å². The molecule has 0 aromatic heterocycles. The highest BCUT2D eigenvalue weighted by Crippen LogP contribution is 2.33. The minimum atomic E-state index is -3.52. The molecule has 31 heavy (non-hydrogen) atoms. The molecule has 162 valence electrons. The molecule has 0 unspecified atom stereocenters. The van der Waals surface area contributed by atoms with Crippen molar-refractivity contribution in [3.63, 3.8) is 0 Å². The second-order valence-electron chi connectivity index (χ2n) is 6.96. The number of nitrogens with zero attached hydrogens (tertiary/aromatic N) is 1. The van der Waals surface area contributed by atoms with E-state index in [0.29, 0.717) is 17.0 Å². The molecule has 0 fully saturated rings. The van der Waals surface area contributed by atoms with Crippen LogP contribution < -0.4 is 10.1 Å². The Morgan fingerprint density at radius 3 is 2.35 bits per heavy atom. The number of amides is 1. The van der Waals surface area contributed by atoms with Crippen LogP contribution in [0.5, 0.6) is 5.75 Å². The van der Waals surface area contributed by atoms with Gasteiger partial charge in [-0.15, -0.1) is 0 Å². The Labute approximate surface area is 187 Å². The Hall–Kier alpha value is -2.81. The number of carbonyl (C=O) groups excluding carboxylic acids is 1. The van der Waals surface area contributed by atoms with E-state index in [1.54, 1.807) is 24.8 Å². The van der Waals surface area contributed by atoms with E-state index in [1.165, 1.54) is 26.2 Å². The standard InChI is InChI=1S/C23H24N2O4S2/c1-17-15-19(31(27,28)25(2)3)13-14-21(17)29-16-23(26)24-20-11-7-8-12-22(20)30-18-9-5-4-6-10-18/h4-15H,16H2,1-3H3,(H,24,26). The molecule has 0 heterocycles. The maximum Gasteiger partial charge on any atom is 0.262 e. The van der Waals surface area contributed by atoms with E-state index in [0.717, 1.165) is 14.1 Å². The van der Waals surface area contributed by atoms with Gasteiger partial charge in [-0.25, -0.2) is 12.7 Å². The molecule has 0 atom stereocenters. The van der Waals surface area contributed by atoms with Crippen molar-refractivity contribution in [2.45, 2.75) is 21.6 Å². The molecule has 6 nitrogen and oxygen atoms in total. The number of para-hydroxylation sites is 1. The molecule has 0 aliphatic heterocycles. The molecule has 0 bridgehead atoms. The largest absolute Gasteiger partial charge is 0.483 e. The van der Waals surface area contributed by atoms with Gasteiger partial charge in [0.15, 0.2) is 6.61 Å². The van der Waals surface area contributed by atoms with Crippen molar-refractivity contribution < 1.29 is 17.9 Å². The molecular formula is C23H24N2O4S2. The lowest BCUT2D eigenvalue weighted by Crippen LogP contribution is -2.22. The Balaban J connectivity index is 1.65. The van der Waals surface area contributed by atoms with Gasteiger partial charge in [-0.05, 0) is 55.0 Å². The summed E-state index contributed by atoms with van der Waals surface area (Å²) in [5.74, 6) is 0.158. The van der Waals surface area contributed by atoms with E-state index < -0.39 is 10.0 Å². The molecule has 3 rings (SSSR count). The quantitative estimate of drug-likeness (QED) is 0.543. The summed E-state index contributed by atoms with van der Waals surface area (Å²) in [4.78, 5) is 14.6. The molecule has 8 heteroatoms. The number of aryl methyl sites for hydroxylation is 1. The predicted octanol–water partition coefficient (Wildman–Crippen LogP) is 4.41. The molecule has 0 spiro atoms. The highest BCUT2D eigenvalue weighted by molar-refractivity contribution is 7.99. The second kappa shape index (κ2) is 10.00. The predicted molar refractivity (Wildman–Crippen MR) is 123 cm³/mol.